The van der Waals surface area contributed by atoms with Crippen LogP contribution in [0, 0.1) is 5.41 Å². The van der Waals surface area contributed by atoms with E-state index in [-0.39, 0.29) is 38.1 Å². The van der Waals surface area contributed by atoms with Gasteiger partial charge in [-0.3, -0.25) is 4.79 Å². The molecule has 8 heteroatoms. The number of alkyl carbamates (subject to hydrolysis) is 1. The minimum Gasteiger partial charge on any atom is -0.480 e. The van der Waals surface area contributed by atoms with Crippen LogP contribution in [-0.4, -0.2) is 56.0 Å². The number of benzene rings is 2. The van der Waals surface area contributed by atoms with Crippen molar-refractivity contribution in [3.63, 3.8) is 0 Å². The van der Waals surface area contributed by atoms with Crippen molar-refractivity contribution in [2.75, 3.05) is 32.9 Å². The van der Waals surface area contributed by atoms with Gasteiger partial charge in [0.15, 0.2) is 0 Å². The summed E-state index contributed by atoms with van der Waals surface area (Å²) in [6.07, 6.45) is 3.71. The minimum atomic E-state index is -1.05. The number of carboxylic acid groups (broad SMARTS) is 1. The molecule has 0 radical (unpaired) electrons. The van der Waals surface area contributed by atoms with Crippen LogP contribution in [0.15, 0.2) is 48.5 Å². The van der Waals surface area contributed by atoms with Crippen LogP contribution in [0.25, 0.3) is 11.1 Å². The maximum atomic E-state index is 13.0. The fraction of sp³-hybridized carbons (Fsp3) is 0.444. The summed E-state index contributed by atoms with van der Waals surface area (Å²) in [5.41, 5.74) is 3.94. The number of aliphatic carboxylic acids is 1. The van der Waals surface area contributed by atoms with Gasteiger partial charge in [0.05, 0.1) is 12.0 Å². The summed E-state index contributed by atoms with van der Waals surface area (Å²) in [5.74, 6) is -1.21. The molecule has 2 aliphatic carbocycles. The summed E-state index contributed by atoms with van der Waals surface area (Å²) in [7, 11) is 0. The molecule has 2 aromatic carbocycles. The molecular formula is C27H32N2O6. The molecule has 3 N–H and O–H groups in total. The number of ether oxygens (including phenoxy) is 2. The van der Waals surface area contributed by atoms with Gasteiger partial charge < -0.3 is 25.2 Å². The number of hydrogen-bond acceptors (Lipinski definition) is 5. The normalized spacial score (nSPS) is 16.1. The summed E-state index contributed by atoms with van der Waals surface area (Å²) >= 11 is 0. The third-order valence-electron chi connectivity index (χ3n) is 6.96. The second kappa shape index (κ2) is 11.4. The van der Waals surface area contributed by atoms with Crippen molar-refractivity contribution < 1.29 is 29.0 Å². The first-order chi connectivity index (χ1) is 17.0. The first-order valence-corrected chi connectivity index (χ1v) is 12.2. The topological polar surface area (TPSA) is 114 Å². The standard InChI is InChI=1S/C27H32N2O6/c30-24(31)17-34-15-14-28-25(32)27(12-6-1-7-13-27)18-29-26(33)35-16-23-21-10-4-2-8-19(21)20-9-3-5-11-22(20)23/h2-5,8-11,23H,1,6-7,12-18H2,(H,28,32)(H,29,33)(H,30,31). The lowest BCUT2D eigenvalue weighted by molar-refractivity contribution is -0.142. The minimum absolute atomic E-state index is 0.0223. The molecule has 0 heterocycles. The Hall–Kier alpha value is -3.39. The van der Waals surface area contributed by atoms with E-state index in [0.29, 0.717) is 12.8 Å². The van der Waals surface area contributed by atoms with Crippen LogP contribution >= 0.6 is 0 Å². The van der Waals surface area contributed by atoms with Gasteiger partial charge in [0.2, 0.25) is 5.91 Å². The van der Waals surface area contributed by atoms with Crippen molar-refractivity contribution in [2.45, 2.75) is 38.0 Å². The highest BCUT2D eigenvalue weighted by atomic mass is 16.5. The van der Waals surface area contributed by atoms with Crippen molar-refractivity contribution in [2.24, 2.45) is 5.41 Å². The lowest BCUT2D eigenvalue weighted by Gasteiger charge is -2.35. The van der Waals surface area contributed by atoms with E-state index in [1.165, 1.54) is 11.1 Å². The van der Waals surface area contributed by atoms with Crippen LogP contribution in [0.5, 0.6) is 0 Å². The Morgan fingerprint density at radius 1 is 0.914 bits per heavy atom. The van der Waals surface area contributed by atoms with Gasteiger partial charge in [0, 0.05) is 19.0 Å². The summed E-state index contributed by atoms with van der Waals surface area (Å²) < 4.78 is 10.6. The van der Waals surface area contributed by atoms with E-state index in [1.54, 1.807) is 0 Å². The molecular weight excluding hydrogens is 448 g/mol. The average molecular weight is 481 g/mol. The van der Waals surface area contributed by atoms with E-state index in [0.717, 1.165) is 30.4 Å². The summed E-state index contributed by atoms with van der Waals surface area (Å²) in [4.78, 5) is 36.2. The molecule has 2 amide bonds. The van der Waals surface area contributed by atoms with Crippen LogP contribution < -0.4 is 10.6 Å². The van der Waals surface area contributed by atoms with E-state index in [2.05, 4.69) is 34.9 Å². The van der Waals surface area contributed by atoms with Crippen molar-refractivity contribution in [3.8, 4) is 11.1 Å². The van der Waals surface area contributed by atoms with E-state index in [4.69, 9.17) is 14.6 Å². The number of amides is 2. The lowest BCUT2D eigenvalue weighted by atomic mass is 9.73. The summed E-state index contributed by atoms with van der Waals surface area (Å²) in [6, 6.07) is 16.3. The molecule has 1 fully saturated rings. The molecule has 35 heavy (non-hydrogen) atoms. The van der Waals surface area contributed by atoms with E-state index < -0.39 is 24.1 Å². The van der Waals surface area contributed by atoms with Crippen molar-refractivity contribution in [3.05, 3.63) is 59.7 Å². The quantitative estimate of drug-likeness (QED) is 0.447. The molecule has 0 aliphatic heterocycles. The highest BCUT2D eigenvalue weighted by Crippen LogP contribution is 2.44. The van der Waals surface area contributed by atoms with E-state index >= 15 is 0 Å². The molecule has 186 valence electrons. The summed E-state index contributed by atoms with van der Waals surface area (Å²) in [5, 5.41) is 14.3. The number of rotatable bonds is 10. The lowest BCUT2D eigenvalue weighted by Crippen LogP contribution is -2.50. The Labute approximate surface area is 205 Å². The zero-order valence-corrected chi connectivity index (χ0v) is 19.8. The predicted molar refractivity (Wildman–Crippen MR) is 130 cm³/mol. The third-order valence-corrected chi connectivity index (χ3v) is 6.96. The SMILES string of the molecule is O=C(O)COCCNC(=O)C1(CNC(=O)OCC2c3ccccc3-c3ccccc32)CCCCC1. The first-order valence-electron chi connectivity index (χ1n) is 12.2. The number of nitrogens with one attached hydrogen (secondary N) is 2. The molecule has 0 unspecified atom stereocenters. The van der Waals surface area contributed by atoms with Gasteiger partial charge in [-0.25, -0.2) is 9.59 Å². The Morgan fingerprint density at radius 3 is 2.17 bits per heavy atom. The van der Waals surface area contributed by atoms with Gasteiger partial charge in [0.1, 0.15) is 13.2 Å². The molecule has 4 rings (SSSR count). The second-order valence-electron chi connectivity index (χ2n) is 9.22. The van der Waals surface area contributed by atoms with Crippen LogP contribution in [0.1, 0.15) is 49.1 Å². The Balaban J connectivity index is 1.32. The monoisotopic (exact) mass is 480 g/mol. The van der Waals surface area contributed by atoms with Crippen molar-refractivity contribution in [1.82, 2.24) is 10.6 Å². The zero-order chi connectivity index (χ0) is 24.7. The van der Waals surface area contributed by atoms with Crippen LogP contribution in [0.2, 0.25) is 0 Å². The number of carbonyl (C=O) groups is 3. The molecule has 2 aromatic rings. The van der Waals surface area contributed by atoms with Gasteiger partial charge in [-0.1, -0.05) is 67.8 Å². The van der Waals surface area contributed by atoms with Gasteiger partial charge in [-0.15, -0.1) is 0 Å². The Kier molecular flexibility index (Phi) is 8.02. The fourth-order valence-corrected chi connectivity index (χ4v) is 5.19. The average Bonchev–Trinajstić information content (AvgIpc) is 3.20. The zero-order valence-electron chi connectivity index (χ0n) is 19.8. The molecule has 1 saturated carbocycles. The predicted octanol–water partition coefficient (Wildman–Crippen LogP) is 3.69. The van der Waals surface area contributed by atoms with Crippen molar-refractivity contribution >= 4 is 18.0 Å². The molecule has 0 aromatic heterocycles. The Bertz CT molecular complexity index is 1020. The Morgan fingerprint density at radius 2 is 1.54 bits per heavy atom. The number of carbonyl (C=O) groups excluding carboxylic acids is 2. The smallest absolute Gasteiger partial charge is 0.407 e. The number of fused-ring (bicyclic) bond motifs is 3. The molecule has 8 nitrogen and oxygen atoms in total. The molecule has 0 atom stereocenters. The number of hydrogen-bond donors (Lipinski definition) is 3. The van der Waals surface area contributed by atoms with E-state index in [9.17, 15) is 14.4 Å². The molecule has 2 aliphatic rings. The fourth-order valence-electron chi connectivity index (χ4n) is 5.19. The molecule has 0 saturated heterocycles. The number of carboxylic acids is 1. The van der Waals surface area contributed by atoms with Gasteiger partial charge in [-0.2, -0.15) is 0 Å². The summed E-state index contributed by atoms with van der Waals surface area (Å²) in [6.45, 7) is 0.364. The van der Waals surface area contributed by atoms with Crippen LogP contribution in [-0.2, 0) is 19.1 Å². The van der Waals surface area contributed by atoms with E-state index in [1.807, 2.05) is 24.3 Å². The molecule has 0 spiro atoms. The van der Waals surface area contributed by atoms with Crippen LogP contribution in [0.4, 0.5) is 4.79 Å². The van der Waals surface area contributed by atoms with Gasteiger partial charge >= 0.3 is 12.1 Å². The third kappa shape index (κ3) is 5.82. The second-order valence-corrected chi connectivity index (χ2v) is 9.22. The van der Waals surface area contributed by atoms with Crippen molar-refractivity contribution in [1.29, 1.82) is 0 Å². The maximum Gasteiger partial charge on any atom is 0.407 e. The van der Waals surface area contributed by atoms with Gasteiger partial charge in [-0.05, 0) is 35.1 Å². The largest absolute Gasteiger partial charge is 0.480 e. The highest BCUT2D eigenvalue weighted by molar-refractivity contribution is 5.84. The van der Waals surface area contributed by atoms with Gasteiger partial charge in [0.25, 0.3) is 0 Å². The first kappa shape index (κ1) is 24.7. The maximum absolute atomic E-state index is 13.0. The van der Waals surface area contributed by atoms with Crippen LogP contribution in [0.3, 0.4) is 0 Å². The highest BCUT2D eigenvalue weighted by Gasteiger charge is 2.40. The molecule has 0 bridgehead atoms.